The van der Waals surface area contributed by atoms with E-state index in [9.17, 15) is 4.79 Å². The molecule has 3 heterocycles. The van der Waals surface area contributed by atoms with Crippen molar-refractivity contribution in [3.05, 3.63) is 54.1 Å². The molecule has 4 aromatic rings. The van der Waals surface area contributed by atoms with Gasteiger partial charge in [0.15, 0.2) is 5.82 Å². The molecule has 0 radical (unpaired) electrons. The van der Waals surface area contributed by atoms with Gasteiger partial charge in [-0.15, -0.1) is 0 Å². The van der Waals surface area contributed by atoms with Crippen LogP contribution in [-0.4, -0.2) is 32.7 Å². The number of carbonyl (C=O) groups excluding carboxylic acids is 1. The van der Waals surface area contributed by atoms with Gasteiger partial charge in [0.25, 0.3) is 0 Å². The zero-order valence-electron chi connectivity index (χ0n) is 13.2. The molecule has 0 bridgehead atoms. The summed E-state index contributed by atoms with van der Waals surface area (Å²) in [5.41, 5.74) is 3.91. The Kier molecular flexibility index (Phi) is 3.19. The molecule has 120 valence electrons. The molecular weight excluding hydrogens is 306 g/mol. The number of rotatable bonds is 3. The summed E-state index contributed by atoms with van der Waals surface area (Å²) in [5.74, 6) is 0.236. The lowest BCUT2D eigenvalue weighted by atomic mass is 10.2. The molecule has 0 aliphatic rings. The van der Waals surface area contributed by atoms with Crippen LogP contribution in [0.2, 0.25) is 0 Å². The molecule has 1 aromatic carbocycles. The zero-order chi connectivity index (χ0) is 16.7. The summed E-state index contributed by atoms with van der Waals surface area (Å²) < 4.78 is 6.45. The maximum absolute atomic E-state index is 11.9. The number of carbonyl (C=O) groups is 1. The van der Waals surface area contributed by atoms with E-state index >= 15 is 0 Å². The van der Waals surface area contributed by atoms with Gasteiger partial charge in [-0.25, -0.2) is 14.3 Å². The average molecular weight is 321 g/mol. The SMILES string of the molecule is COC(=O)c1cn2ncnc(Nc3ccc4cc[nH]c4c3)c2c1C. The summed E-state index contributed by atoms with van der Waals surface area (Å²) in [5, 5.41) is 8.61. The molecule has 0 saturated heterocycles. The predicted octanol–water partition coefficient (Wildman–Crippen LogP) is 3.05. The van der Waals surface area contributed by atoms with Crippen LogP contribution in [0.15, 0.2) is 43.0 Å². The van der Waals surface area contributed by atoms with Crippen LogP contribution in [0.25, 0.3) is 16.4 Å². The third-order valence-electron chi connectivity index (χ3n) is 4.05. The first-order valence-electron chi connectivity index (χ1n) is 7.43. The van der Waals surface area contributed by atoms with Gasteiger partial charge < -0.3 is 15.0 Å². The normalized spacial score (nSPS) is 11.1. The molecule has 7 heteroatoms. The highest BCUT2D eigenvalue weighted by atomic mass is 16.5. The Morgan fingerprint density at radius 2 is 2.21 bits per heavy atom. The van der Waals surface area contributed by atoms with Crippen molar-refractivity contribution in [2.24, 2.45) is 0 Å². The van der Waals surface area contributed by atoms with Crippen LogP contribution in [0.5, 0.6) is 0 Å². The molecule has 0 aliphatic carbocycles. The number of aromatic amines is 1. The fraction of sp³-hybridized carbons (Fsp3) is 0.118. The second kappa shape index (κ2) is 5.38. The van der Waals surface area contributed by atoms with Gasteiger partial charge in [0.2, 0.25) is 0 Å². The van der Waals surface area contributed by atoms with Gasteiger partial charge in [-0.3, -0.25) is 0 Å². The first kappa shape index (κ1) is 14.3. The number of esters is 1. The highest BCUT2D eigenvalue weighted by Crippen LogP contribution is 2.27. The number of nitrogens with one attached hydrogen (secondary N) is 2. The van der Waals surface area contributed by atoms with Crippen molar-refractivity contribution in [2.45, 2.75) is 6.92 Å². The minimum Gasteiger partial charge on any atom is -0.465 e. The van der Waals surface area contributed by atoms with Gasteiger partial charge >= 0.3 is 5.97 Å². The highest BCUT2D eigenvalue weighted by Gasteiger charge is 2.18. The molecular formula is C17H15N5O2. The van der Waals surface area contributed by atoms with Crippen molar-refractivity contribution in [2.75, 3.05) is 12.4 Å². The van der Waals surface area contributed by atoms with Crippen LogP contribution in [0.3, 0.4) is 0 Å². The number of ether oxygens (including phenoxy) is 1. The first-order chi connectivity index (χ1) is 11.7. The van der Waals surface area contributed by atoms with Gasteiger partial charge in [-0.05, 0) is 36.1 Å². The lowest BCUT2D eigenvalue weighted by molar-refractivity contribution is 0.0600. The first-order valence-corrected chi connectivity index (χ1v) is 7.43. The predicted molar refractivity (Wildman–Crippen MR) is 90.6 cm³/mol. The van der Waals surface area contributed by atoms with E-state index in [4.69, 9.17) is 4.74 Å². The largest absolute Gasteiger partial charge is 0.465 e. The van der Waals surface area contributed by atoms with E-state index in [1.54, 1.807) is 10.7 Å². The zero-order valence-corrected chi connectivity index (χ0v) is 13.2. The molecule has 0 unspecified atom stereocenters. The molecule has 3 aromatic heterocycles. The van der Waals surface area contributed by atoms with Gasteiger partial charge in [0, 0.05) is 23.6 Å². The van der Waals surface area contributed by atoms with Crippen molar-refractivity contribution in [3.8, 4) is 0 Å². The second-order valence-corrected chi connectivity index (χ2v) is 5.47. The number of methoxy groups -OCH3 is 1. The quantitative estimate of drug-likeness (QED) is 0.567. The smallest absolute Gasteiger partial charge is 0.339 e. The number of hydrogen-bond donors (Lipinski definition) is 2. The van der Waals surface area contributed by atoms with E-state index in [1.165, 1.54) is 13.4 Å². The molecule has 0 spiro atoms. The monoisotopic (exact) mass is 321 g/mol. The number of hydrogen-bond acceptors (Lipinski definition) is 5. The summed E-state index contributed by atoms with van der Waals surface area (Å²) >= 11 is 0. The lowest BCUT2D eigenvalue weighted by Gasteiger charge is -2.08. The molecule has 0 amide bonds. The van der Waals surface area contributed by atoms with Gasteiger partial charge in [0.05, 0.1) is 12.7 Å². The molecule has 0 aliphatic heterocycles. The van der Waals surface area contributed by atoms with Crippen molar-refractivity contribution in [3.63, 3.8) is 0 Å². The molecule has 0 atom stereocenters. The minimum absolute atomic E-state index is 0.392. The molecule has 0 fully saturated rings. The van der Waals surface area contributed by atoms with Crippen LogP contribution < -0.4 is 5.32 Å². The maximum Gasteiger partial charge on any atom is 0.339 e. The summed E-state index contributed by atoms with van der Waals surface area (Å²) in [6, 6.07) is 8.03. The van der Waals surface area contributed by atoms with Crippen molar-refractivity contribution in [1.29, 1.82) is 0 Å². The second-order valence-electron chi connectivity index (χ2n) is 5.47. The summed E-state index contributed by atoms with van der Waals surface area (Å²) in [6.07, 6.45) is 5.00. The molecule has 7 nitrogen and oxygen atoms in total. The van der Waals surface area contributed by atoms with Crippen molar-refractivity contribution < 1.29 is 9.53 Å². The van der Waals surface area contributed by atoms with Crippen molar-refractivity contribution in [1.82, 2.24) is 19.6 Å². The fourth-order valence-corrected chi connectivity index (χ4v) is 2.83. The van der Waals surface area contributed by atoms with Gasteiger partial charge in [-0.2, -0.15) is 5.10 Å². The number of fused-ring (bicyclic) bond motifs is 2. The Bertz CT molecular complexity index is 1060. The van der Waals surface area contributed by atoms with Crippen molar-refractivity contribution >= 4 is 33.9 Å². The van der Waals surface area contributed by atoms with Crippen LogP contribution in [0.1, 0.15) is 15.9 Å². The third-order valence-corrected chi connectivity index (χ3v) is 4.05. The Labute approximate surface area is 137 Å². The van der Waals surface area contributed by atoms with Gasteiger partial charge in [0.1, 0.15) is 11.8 Å². The molecule has 0 saturated carbocycles. The Hall–Kier alpha value is -3.35. The molecule has 2 N–H and O–H groups in total. The molecule has 24 heavy (non-hydrogen) atoms. The lowest BCUT2D eigenvalue weighted by Crippen LogP contribution is -2.01. The van der Waals surface area contributed by atoms with E-state index < -0.39 is 5.97 Å². The summed E-state index contributed by atoms with van der Waals surface area (Å²) in [7, 11) is 1.36. The fourth-order valence-electron chi connectivity index (χ4n) is 2.83. The van der Waals surface area contributed by atoms with Crippen LogP contribution in [0, 0.1) is 6.92 Å². The number of nitrogens with zero attached hydrogens (tertiary/aromatic N) is 3. The minimum atomic E-state index is -0.392. The van der Waals surface area contributed by atoms with Crippen LogP contribution in [0.4, 0.5) is 11.5 Å². The van der Waals surface area contributed by atoms with E-state index in [-0.39, 0.29) is 0 Å². The van der Waals surface area contributed by atoms with E-state index in [0.29, 0.717) is 11.4 Å². The number of benzene rings is 1. The number of aromatic nitrogens is 4. The Balaban J connectivity index is 1.81. The Morgan fingerprint density at radius 3 is 3.04 bits per heavy atom. The van der Waals surface area contributed by atoms with E-state index in [0.717, 1.165) is 27.7 Å². The topological polar surface area (TPSA) is 84.3 Å². The van der Waals surface area contributed by atoms with Gasteiger partial charge in [-0.1, -0.05) is 6.07 Å². The summed E-state index contributed by atoms with van der Waals surface area (Å²) in [6.45, 7) is 1.85. The number of H-pyrrole nitrogens is 1. The Morgan fingerprint density at radius 1 is 1.33 bits per heavy atom. The standard InChI is InChI=1S/C17H15N5O2/c1-10-13(17(23)24-2)8-22-15(10)16(19-9-20-22)21-12-4-3-11-5-6-18-14(11)7-12/h3-9,18H,1-2H3,(H,19,20,21). The van der Waals surface area contributed by atoms with E-state index in [1.807, 2.05) is 37.4 Å². The number of anilines is 2. The summed E-state index contributed by atoms with van der Waals surface area (Å²) in [4.78, 5) is 19.4. The highest BCUT2D eigenvalue weighted by molar-refractivity contribution is 5.95. The van der Waals surface area contributed by atoms with Crippen LogP contribution >= 0.6 is 0 Å². The molecule has 4 rings (SSSR count). The third kappa shape index (κ3) is 2.18. The van der Waals surface area contributed by atoms with Crippen LogP contribution in [-0.2, 0) is 4.74 Å². The average Bonchev–Trinajstić information content (AvgIpc) is 3.19. The van der Waals surface area contributed by atoms with E-state index in [2.05, 4.69) is 20.4 Å². The maximum atomic E-state index is 11.9. The number of aryl methyl sites for hydroxylation is 1.